The number of fused-ring (bicyclic) bond motifs is 2. The molecule has 0 aromatic heterocycles. The van der Waals surface area contributed by atoms with Gasteiger partial charge < -0.3 is 5.32 Å². The normalized spacial score (nSPS) is 20.4. The minimum Gasteiger partial charge on any atom is -0.352 e. The molecule has 1 saturated heterocycles. The van der Waals surface area contributed by atoms with E-state index >= 15 is 0 Å². The molecule has 1 N–H and O–H groups in total. The Morgan fingerprint density at radius 1 is 0.950 bits per heavy atom. The zero-order chi connectivity index (χ0) is 13.5. The fraction of sp³-hybridized carbons (Fsp3) is 0.167. The van der Waals surface area contributed by atoms with Crippen molar-refractivity contribution in [2.45, 2.75) is 6.42 Å². The highest BCUT2D eigenvalue weighted by Gasteiger charge is 2.36. The lowest BCUT2D eigenvalue weighted by Crippen LogP contribution is -2.17. The van der Waals surface area contributed by atoms with Crippen LogP contribution in [0.3, 0.4) is 0 Å². The Bertz CT molecular complexity index is 715. The molecule has 4 rings (SSSR count). The van der Waals surface area contributed by atoms with Crippen LogP contribution in [0.4, 0.5) is 0 Å². The average Bonchev–Trinajstić information content (AvgIpc) is 2.87. The van der Waals surface area contributed by atoms with Gasteiger partial charge in [0, 0.05) is 18.0 Å². The zero-order valence-corrected chi connectivity index (χ0v) is 11.1. The maximum absolute atomic E-state index is 12.2. The Labute approximate surface area is 118 Å². The molecule has 0 radical (unpaired) electrons. The van der Waals surface area contributed by atoms with Gasteiger partial charge in [-0.1, -0.05) is 54.6 Å². The summed E-state index contributed by atoms with van der Waals surface area (Å²) in [6.45, 7) is 0.763. The van der Waals surface area contributed by atoms with E-state index in [0.29, 0.717) is 5.92 Å². The minimum absolute atomic E-state index is 0.100. The molecule has 1 aliphatic carbocycles. The summed E-state index contributed by atoms with van der Waals surface area (Å²) in [5.74, 6) is 0.413. The largest absolute Gasteiger partial charge is 0.352 e. The van der Waals surface area contributed by atoms with Crippen molar-refractivity contribution >= 4 is 11.5 Å². The molecule has 1 atom stereocenters. The van der Waals surface area contributed by atoms with Gasteiger partial charge in [-0.15, -0.1) is 0 Å². The lowest BCUT2D eigenvalue weighted by atomic mass is 9.77. The van der Waals surface area contributed by atoms with Crippen molar-refractivity contribution in [2.75, 3.05) is 6.54 Å². The van der Waals surface area contributed by atoms with Crippen LogP contribution in [-0.2, 0) is 11.2 Å². The first-order valence-corrected chi connectivity index (χ1v) is 7.00. The van der Waals surface area contributed by atoms with Gasteiger partial charge >= 0.3 is 0 Å². The number of hydrogen-bond acceptors (Lipinski definition) is 1. The van der Waals surface area contributed by atoms with Crippen molar-refractivity contribution < 1.29 is 4.79 Å². The summed E-state index contributed by atoms with van der Waals surface area (Å²) in [6, 6.07) is 18.7. The molecule has 1 unspecified atom stereocenters. The van der Waals surface area contributed by atoms with Crippen LogP contribution < -0.4 is 5.32 Å². The van der Waals surface area contributed by atoms with Crippen molar-refractivity contribution in [1.82, 2.24) is 5.32 Å². The number of benzene rings is 2. The van der Waals surface area contributed by atoms with Crippen LogP contribution in [0.2, 0.25) is 0 Å². The Morgan fingerprint density at radius 2 is 1.70 bits per heavy atom. The summed E-state index contributed by atoms with van der Waals surface area (Å²) in [5.41, 5.74) is 5.78. The summed E-state index contributed by atoms with van der Waals surface area (Å²) >= 11 is 0. The molecule has 2 aromatic carbocycles. The van der Waals surface area contributed by atoms with Gasteiger partial charge in [-0.25, -0.2) is 0 Å². The Morgan fingerprint density at radius 3 is 2.55 bits per heavy atom. The van der Waals surface area contributed by atoms with E-state index in [1.807, 2.05) is 18.2 Å². The fourth-order valence-electron chi connectivity index (χ4n) is 3.36. The number of rotatable bonds is 1. The monoisotopic (exact) mass is 261 g/mol. The summed E-state index contributed by atoms with van der Waals surface area (Å²) in [5, 5.41) is 3.00. The number of amides is 1. The van der Waals surface area contributed by atoms with Crippen LogP contribution in [-0.4, -0.2) is 12.5 Å². The van der Waals surface area contributed by atoms with Crippen molar-refractivity contribution in [3.63, 3.8) is 0 Å². The van der Waals surface area contributed by atoms with Crippen LogP contribution in [0.5, 0.6) is 0 Å². The first-order valence-electron chi connectivity index (χ1n) is 7.00. The lowest BCUT2D eigenvalue weighted by Gasteiger charge is -2.24. The molecule has 0 spiro atoms. The molecule has 0 bridgehead atoms. The van der Waals surface area contributed by atoms with Gasteiger partial charge in [0.1, 0.15) is 0 Å². The van der Waals surface area contributed by atoms with Gasteiger partial charge in [0.05, 0.1) is 0 Å². The Balaban J connectivity index is 2.02. The van der Waals surface area contributed by atoms with E-state index in [-0.39, 0.29) is 5.91 Å². The number of carbonyl (C=O) groups is 1. The first kappa shape index (κ1) is 11.5. The van der Waals surface area contributed by atoms with E-state index < -0.39 is 0 Å². The van der Waals surface area contributed by atoms with Crippen LogP contribution >= 0.6 is 0 Å². The smallest absolute Gasteiger partial charge is 0.248 e. The van der Waals surface area contributed by atoms with Crippen molar-refractivity contribution in [3.8, 4) is 0 Å². The molecule has 98 valence electrons. The van der Waals surface area contributed by atoms with Crippen LogP contribution in [0.25, 0.3) is 5.57 Å². The van der Waals surface area contributed by atoms with Gasteiger partial charge in [-0.2, -0.15) is 0 Å². The van der Waals surface area contributed by atoms with Crippen LogP contribution in [0.15, 0.2) is 60.2 Å². The van der Waals surface area contributed by atoms with E-state index in [1.54, 1.807) is 0 Å². The van der Waals surface area contributed by atoms with Gasteiger partial charge in [-0.05, 0) is 28.7 Å². The molecule has 2 nitrogen and oxygen atoms in total. The summed E-state index contributed by atoms with van der Waals surface area (Å²) < 4.78 is 0. The molecule has 20 heavy (non-hydrogen) atoms. The van der Waals surface area contributed by atoms with Gasteiger partial charge in [0.15, 0.2) is 0 Å². The molecule has 1 aliphatic heterocycles. The first-order chi connectivity index (χ1) is 9.84. The second-order valence-corrected chi connectivity index (χ2v) is 5.42. The van der Waals surface area contributed by atoms with Crippen molar-refractivity contribution in [3.05, 3.63) is 76.9 Å². The molecule has 1 fully saturated rings. The third kappa shape index (κ3) is 1.61. The summed E-state index contributed by atoms with van der Waals surface area (Å²) in [7, 11) is 0. The second-order valence-electron chi connectivity index (χ2n) is 5.42. The van der Waals surface area contributed by atoms with E-state index in [0.717, 1.165) is 29.7 Å². The molecular weight excluding hydrogens is 246 g/mol. The summed E-state index contributed by atoms with van der Waals surface area (Å²) in [6.07, 6.45) is 0.959. The zero-order valence-electron chi connectivity index (χ0n) is 11.1. The highest BCUT2D eigenvalue weighted by molar-refractivity contribution is 6.08. The average molecular weight is 261 g/mol. The van der Waals surface area contributed by atoms with Crippen molar-refractivity contribution in [1.29, 1.82) is 0 Å². The molecule has 0 saturated carbocycles. The third-order valence-electron chi connectivity index (χ3n) is 4.25. The minimum atomic E-state index is 0.100. The third-order valence-corrected chi connectivity index (χ3v) is 4.25. The number of carbonyl (C=O) groups excluding carboxylic acids is 1. The maximum Gasteiger partial charge on any atom is 0.248 e. The maximum atomic E-state index is 12.2. The molecule has 2 heteroatoms. The lowest BCUT2D eigenvalue weighted by molar-refractivity contribution is -0.116. The molecular formula is C18H15NO. The number of hydrogen-bond donors (Lipinski definition) is 1. The highest BCUT2D eigenvalue weighted by Crippen LogP contribution is 2.40. The Kier molecular flexibility index (Phi) is 2.49. The van der Waals surface area contributed by atoms with E-state index in [1.165, 1.54) is 11.1 Å². The van der Waals surface area contributed by atoms with E-state index in [9.17, 15) is 4.79 Å². The molecule has 1 amide bonds. The van der Waals surface area contributed by atoms with E-state index in [4.69, 9.17) is 0 Å². The van der Waals surface area contributed by atoms with Crippen LogP contribution in [0, 0.1) is 5.92 Å². The van der Waals surface area contributed by atoms with Crippen LogP contribution in [0.1, 0.15) is 16.7 Å². The molecule has 1 heterocycles. The predicted molar refractivity (Wildman–Crippen MR) is 79.1 cm³/mol. The van der Waals surface area contributed by atoms with Gasteiger partial charge in [-0.3, -0.25) is 4.79 Å². The second kappa shape index (κ2) is 4.34. The predicted octanol–water partition coefficient (Wildman–Crippen LogP) is 2.79. The topological polar surface area (TPSA) is 29.1 Å². The quantitative estimate of drug-likeness (QED) is 0.840. The van der Waals surface area contributed by atoms with Gasteiger partial charge in [0.25, 0.3) is 0 Å². The summed E-state index contributed by atoms with van der Waals surface area (Å²) in [4.78, 5) is 12.2. The molecule has 2 aromatic rings. The molecule has 2 aliphatic rings. The fourth-order valence-corrected chi connectivity index (χ4v) is 3.36. The van der Waals surface area contributed by atoms with Crippen molar-refractivity contribution in [2.24, 2.45) is 5.92 Å². The Hall–Kier alpha value is -2.35. The number of nitrogens with one attached hydrogen (secondary N) is 1. The highest BCUT2D eigenvalue weighted by atomic mass is 16.2. The SMILES string of the molecule is O=C1NCC2Cc3ccccc3C(c3ccccc3)=C12. The van der Waals surface area contributed by atoms with Gasteiger partial charge in [0.2, 0.25) is 5.91 Å². The standard InChI is InChI=1S/C18H15NO/c20-18-17-14(11-19-18)10-13-8-4-5-9-15(13)16(17)12-6-2-1-3-7-12/h1-9,14H,10-11H2,(H,19,20). The van der Waals surface area contributed by atoms with E-state index in [2.05, 4.69) is 41.7 Å².